The summed E-state index contributed by atoms with van der Waals surface area (Å²) in [6, 6.07) is 9.32. The Bertz CT molecular complexity index is 615. The van der Waals surface area contributed by atoms with Gasteiger partial charge < -0.3 is 15.5 Å². The van der Waals surface area contributed by atoms with Crippen molar-refractivity contribution in [1.82, 2.24) is 20.4 Å². The van der Waals surface area contributed by atoms with Crippen LogP contribution in [0.4, 0.5) is 0 Å². The molecule has 2 saturated heterocycles. The maximum Gasteiger partial charge on any atom is 0.253 e. The normalized spacial score (nSPS) is 24.3. The van der Waals surface area contributed by atoms with E-state index in [0.29, 0.717) is 18.7 Å². The zero-order valence-corrected chi connectivity index (χ0v) is 15.7. The molecule has 2 heterocycles. The number of rotatable bonds is 5. The van der Waals surface area contributed by atoms with Crippen LogP contribution in [0.1, 0.15) is 30.1 Å². The second kappa shape index (κ2) is 8.64. The monoisotopic (exact) mass is 358 g/mol. The lowest BCUT2D eigenvalue weighted by atomic mass is 9.80. The predicted octanol–water partition coefficient (Wildman–Crippen LogP) is 0.950. The third-order valence-electron chi connectivity index (χ3n) is 5.48. The van der Waals surface area contributed by atoms with Crippen LogP contribution in [0.25, 0.3) is 0 Å². The fourth-order valence-corrected chi connectivity index (χ4v) is 3.84. The first kappa shape index (κ1) is 18.9. The number of nitrogens with one attached hydrogen (secondary N) is 2. The lowest BCUT2D eigenvalue weighted by Crippen LogP contribution is -2.53. The Morgan fingerprint density at radius 1 is 1.15 bits per heavy atom. The van der Waals surface area contributed by atoms with Gasteiger partial charge in [-0.3, -0.25) is 14.5 Å². The minimum Gasteiger partial charge on any atom is -0.354 e. The minimum absolute atomic E-state index is 0.0186. The van der Waals surface area contributed by atoms with Crippen molar-refractivity contribution in [2.75, 3.05) is 52.4 Å². The number of nitrogens with zero attached hydrogens (tertiary/aromatic N) is 2. The van der Waals surface area contributed by atoms with Crippen molar-refractivity contribution in [2.24, 2.45) is 5.41 Å². The molecule has 1 unspecified atom stereocenters. The van der Waals surface area contributed by atoms with Crippen molar-refractivity contribution in [3.8, 4) is 0 Å². The van der Waals surface area contributed by atoms with E-state index in [-0.39, 0.29) is 11.8 Å². The first-order chi connectivity index (χ1) is 12.6. The zero-order chi connectivity index (χ0) is 18.4. The van der Waals surface area contributed by atoms with Gasteiger partial charge in [-0.2, -0.15) is 0 Å². The molecule has 1 aromatic carbocycles. The van der Waals surface area contributed by atoms with Gasteiger partial charge in [0.15, 0.2) is 0 Å². The molecule has 2 N–H and O–H groups in total. The van der Waals surface area contributed by atoms with Gasteiger partial charge in [-0.25, -0.2) is 0 Å². The van der Waals surface area contributed by atoms with Gasteiger partial charge in [-0.05, 0) is 31.9 Å². The number of piperazine rings is 1. The molecule has 0 radical (unpaired) electrons. The van der Waals surface area contributed by atoms with Gasteiger partial charge in [0.1, 0.15) is 0 Å². The van der Waals surface area contributed by atoms with E-state index < -0.39 is 5.41 Å². The van der Waals surface area contributed by atoms with Crippen molar-refractivity contribution in [1.29, 1.82) is 0 Å². The summed E-state index contributed by atoms with van der Waals surface area (Å²) in [5.41, 5.74) is 0.183. The molecule has 2 amide bonds. The van der Waals surface area contributed by atoms with Gasteiger partial charge in [0.25, 0.3) is 5.91 Å². The lowest BCUT2D eigenvalue weighted by Gasteiger charge is -2.39. The van der Waals surface area contributed by atoms with E-state index in [1.54, 1.807) is 0 Å². The standard InChI is InChI=1S/C20H30N4O2/c1-20(19(26)22-11-15-23-13-9-21-10-14-23)8-5-12-24(16-20)18(25)17-6-3-2-4-7-17/h2-4,6-7,21H,5,8-16H2,1H3,(H,22,26). The molecule has 6 heteroatoms. The molecule has 1 atom stereocenters. The SMILES string of the molecule is CC1(C(=O)NCCN2CCNCC2)CCCN(C(=O)c2ccccc2)C1. The molecule has 0 aromatic heterocycles. The topological polar surface area (TPSA) is 64.7 Å². The number of benzene rings is 1. The first-order valence-corrected chi connectivity index (χ1v) is 9.64. The number of hydrogen-bond acceptors (Lipinski definition) is 4. The molecule has 0 bridgehead atoms. The summed E-state index contributed by atoms with van der Waals surface area (Å²) in [4.78, 5) is 29.7. The first-order valence-electron chi connectivity index (χ1n) is 9.64. The molecule has 0 aliphatic carbocycles. The molecule has 2 aliphatic heterocycles. The van der Waals surface area contributed by atoms with Gasteiger partial charge in [0.2, 0.25) is 5.91 Å². The molecule has 0 saturated carbocycles. The third-order valence-corrected chi connectivity index (χ3v) is 5.48. The quantitative estimate of drug-likeness (QED) is 0.823. The Labute approximate surface area is 155 Å². The van der Waals surface area contributed by atoms with E-state index in [9.17, 15) is 9.59 Å². The Hall–Kier alpha value is -1.92. The van der Waals surface area contributed by atoms with Crippen LogP contribution in [-0.2, 0) is 4.79 Å². The highest BCUT2D eigenvalue weighted by Gasteiger charge is 2.39. The second-order valence-corrected chi connectivity index (χ2v) is 7.60. The number of carbonyl (C=O) groups is 2. The Kier molecular flexibility index (Phi) is 6.27. The van der Waals surface area contributed by atoms with Crippen LogP contribution in [0.15, 0.2) is 30.3 Å². The minimum atomic E-state index is -0.508. The highest BCUT2D eigenvalue weighted by Crippen LogP contribution is 2.30. The van der Waals surface area contributed by atoms with Gasteiger partial charge >= 0.3 is 0 Å². The van der Waals surface area contributed by atoms with Crippen molar-refractivity contribution in [2.45, 2.75) is 19.8 Å². The van der Waals surface area contributed by atoms with Crippen LogP contribution in [0, 0.1) is 5.41 Å². The molecule has 1 aromatic rings. The number of carbonyl (C=O) groups excluding carboxylic acids is 2. The summed E-state index contributed by atoms with van der Waals surface area (Å²) in [5.74, 6) is 0.0864. The number of amides is 2. The van der Waals surface area contributed by atoms with Crippen LogP contribution in [0.2, 0.25) is 0 Å². The van der Waals surface area contributed by atoms with Crippen molar-refractivity contribution in [3.05, 3.63) is 35.9 Å². The molecule has 0 spiro atoms. The highest BCUT2D eigenvalue weighted by atomic mass is 16.2. The van der Waals surface area contributed by atoms with Gasteiger partial charge in [-0.1, -0.05) is 18.2 Å². The smallest absolute Gasteiger partial charge is 0.253 e. The van der Waals surface area contributed by atoms with Gasteiger partial charge in [0.05, 0.1) is 5.41 Å². The second-order valence-electron chi connectivity index (χ2n) is 7.60. The van der Waals surface area contributed by atoms with Gasteiger partial charge in [0, 0.05) is 57.9 Å². The summed E-state index contributed by atoms with van der Waals surface area (Å²) in [7, 11) is 0. The van der Waals surface area contributed by atoms with Gasteiger partial charge in [-0.15, -0.1) is 0 Å². The average molecular weight is 358 g/mol. The van der Waals surface area contributed by atoms with E-state index in [0.717, 1.165) is 52.1 Å². The highest BCUT2D eigenvalue weighted by molar-refractivity contribution is 5.95. The molecular formula is C20H30N4O2. The maximum atomic E-state index is 12.8. The van der Waals surface area contributed by atoms with Crippen molar-refractivity contribution >= 4 is 11.8 Å². The Balaban J connectivity index is 1.52. The van der Waals surface area contributed by atoms with E-state index in [1.165, 1.54) is 0 Å². The summed E-state index contributed by atoms with van der Waals surface area (Å²) in [5, 5.41) is 6.43. The fraction of sp³-hybridized carbons (Fsp3) is 0.600. The van der Waals surface area contributed by atoms with E-state index in [1.807, 2.05) is 42.2 Å². The third kappa shape index (κ3) is 4.62. The summed E-state index contributed by atoms with van der Waals surface area (Å²) in [6.07, 6.45) is 1.69. The maximum absolute atomic E-state index is 12.8. The summed E-state index contributed by atoms with van der Waals surface area (Å²) in [6.45, 7) is 8.84. The van der Waals surface area contributed by atoms with Crippen molar-refractivity contribution in [3.63, 3.8) is 0 Å². The van der Waals surface area contributed by atoms with Crippen LogP contribution in [-0.4, -0.2) is 74.0 Å². The van der Waals surface area contributed by atoms with Crippen LogP contribution >= 0.6 is 0 Å². The Morgan fingerprint density at radius 2 is 1.88 bits per heavy atom. The summed E-state index contributed by atoms with van der Waals surface area (Å²) >= 11 is 0. The average Bonchev–Trinajstić information content (AvgIpc) is 2.69. The number of piperidine rings is 1. The van der Waals surface area contributed by atoms with E-state index >= 15 is 0 Å². The van der Waals surface area contributed by atoms with Crippen LogP contribution < -0.4 is 10.6 Å². The molecule has 3 rings (SSSR count). The molecule has 6 nitrogen and oxygen atoms in total. The number of hydrogen-bond donors (Lipinski definition) is 2. The Morgan fingerprint density at radius 3 is 2.62 bits per heavy atom. The molecule has 26 heavy (non-hydrogen) atoms. The lowest BCUT2D eigenvalue weighted by molar-refractivity contribution is -0.132. The predicted molar refractivity (Wildman–Crippen MR) is 102 cm³/mol. The van der Waals surface area contributed by atoms with Crippen LogP contribution in [0.3, 0.4) is 0 Å². The fourth-order valence-electron chi connectivity index (χ4n) is 3.84. The van der Waals surface area contributed by atoms with E-state index in [4.69, 9.17) is 0 Å². The largest absolute Gasteiger partial charge is 0.354 e. The number of likely N-dealkylation sites (tertiary alicyclic amines) is 1. The van der Waals surface area contributed by atoms with Crippen LogP contribution in [0.5, 0.6) is 0 Å². The van der Waals surface area contributed by atoms with E-state index in [2.05, 4.69) is 15.5 Å². The summed E-state index contributed by atoms with van der Waals surface area (Å²) < 4.78 is 0. The molecule has 2 fully saturated rings. The molecule has 2 aliphatic rings. The molecule has 142 valence electrons. The zero-order valence-electron chi connectivity index (χ0n) is 15.7. The van der Waals surface area contributed by atoms with Crippen molar-refractivity contribution < 1.29 is 9.59 Å². The molecular weight excluding hydrogens is 328 g/mol.